The summed E-state index contributed by atoms with van der Waals surface area (Å²) in [6.07, 6.45) is 0. The first kappa shape index (κ1) is 29.2. The Bertz CT molecular complexity index is 76.5. The van der Waals surface area contributed by atoms with E-state index in [1.807, 2.05) is 0 Å². The van der Waals surface area contributed by atoms with Gasteiger partial charge in [0, 0.05) is 17.1 Å². The van der Waals surface area contributed by atoms with Gasteiger partial charge in [-0.15, -0.1) is 0 Å². The van der Waals surface area contributed by atoms with Crippen molar-refractivity contribution in [2.45, 2.75) is 0 Å². The van der Waals surface area contributed by atoms with E-state index < -0.39 is 7.82 Å². The molecule has 0 aliphatic rings. The molecule has 0 bridgehead atoms. The molecule has 3 N–H and O–H groups in total. The molecule has 0 saturated carbocycles. The van der Waals surface area contributed by atoms with E-state index >= 15 is 0 Å². The molecule has 0 amide bonds. The molecule has 0 aliphatic heterocycles. The van der Waals surface area contributed by atoms with Gasteiger partial charge in [-0.05, 0) is 0 Å². The molecule has 0 aromatic carbocycles. The Labute approximate surface area is 162 Å². The summed E-state index contributed by atoms with van der Waals surface area (Å²) < 4.78 is 8.88. The zero-order valence-corrected chi connectivity index (χ0v) is 13.1. The second-order valence-corrected chi connectivity index (χ2v) is 1.54. The molecule has 9 heteroatoms. The quantitative estimate of drug-likeness (QED) is 0.378. The first-order chi connectivity index (χ1) is 2.00. The molecule has 1 radical (unpaired) electrons. The van der Waals surface area contributed by atoms with E-state index in [0.29, 0.717) is 0 Å². The van der Waals surface area contributed by atoms with Crippen LogP contribution in [0.15, 0.2) is 0 Å². The number of phosphoric acid groups is 1. The topological polar surface area (TPSA) is 77.8 Å². The summed E-state index contributed by atoms with van der Waals surface area (Å²) in [6, 6.07) is 0. The fourth-order valence-corrected chi connectivity index (χ4v) is 0. The largest absolute Gasteiger partial charge is 2.00 e. The van der Waals surface area contributed by atoms with Crippen LogP contribution in [0.2, 0.25) is 0 Å². The van der Waals surface area contributed by atoms with Crippen molar-refractivity contribution in [1.29, 1.82) is 0 Å². The van der Waals surface area contributed by atoms with Gasteiger partial charge in [0.05, 0.1) is 0 Å². The molecule has 55 valence electrons. The third kappa shape index (κ3) is 69.2. The van der Waals surface area contributed by atoms with E-state index in [1.54, 1.807) is 0 Å². The van der Waals surface area contributed by atoms with Crippen LogP contribution in [-0.2, 0) is 21.6 Å². The van der Waals surface area contributed by atoms with Gasteiger partial charge in [-0.1, -0.05) is 0 Å². The summed E-state index contributed by atoms with van der Waals surface area (Å²) in [5, 5.41) is 0. The molecule has 0 rings (SSSR count). The average Bonchev–Trinajstić information content (AvgIpc) is 0.722. The summed E-state index contributed by atoms with van der Waals surface area (Å²) in [6.45, 7) is 0. The first-order valence-electron chi connectivity index (χ1n) is 0.783. The summed E-state index contributed by atoms with van der Waals surface area (Å²) in [7, 11) is -4.64. The molecule has 4 nitrogen and oxygen atoms in total. The maximum Gasteiger partial charge on any atom is 2.00 e. The maximum atomic E-state index is 8.88. The zero-order valence-electron chi connectivity index (χ0n) is 10.6. The number of hydrogen-bond acceptors (Lipinski definition) is 1. The van der Waals surface area contributed by atoms with Crippen LogP contribution in [0.4, 0.5) is 0 Å². The molecule has 9 heavy (non-hydrogen) atoms. The van der Waals surface area contributed by atoms with E-state index in [0.717, 1.165) is 0 Å². The minimum absolute atomic E-state index is 0. The SMILES string of the molecule is O=P(O)(O)O.[Ca+2].[Ca+2].[Ca+2].[Cu].[H-].[H-].[H-].[H-].[H-].[H-]. The van der Waals surface area contributed by atoms with Gasteiger partial charge in [-0.3, -0.25) is 0 Å². The van der Waals surface area contributed by atoms with E-state index in [-0.39, 0.29) is 139 Å². The zero-order chi connectivity index (χ0) is 4.50. The molecule has 0 saturated heterocycles. The summed E-state index contributed by atoms with van der Waals surface area (Å²) in [5.74, 6) is 0. The van der Waals surface area contributed by atoms with Crippen LogP contribution < -0.4 is 0 Å². The van der Waals surface area contributed by atoms with Crippen molar-refractivity contribution in [1.82, 2.24) is 0 Å². The van der Waals surface area contributed by atoms with Crippen LogP contribution in [0.1, 0.15) is 8.56 Å². The third-order valence-electron chi connectivity index (χ3n) is 0. The molecule has 0 aromatic rings. The smallest absolute Gasteiger partial charge is 1.00 e. The third-order valence-corrected chi connectivity index (χ3v) is 0. The Kier molecular flexibility index (Phi) is 48.4. The van der Waals surface area contributed by atoms with Gasteiger partial charge in [-0.25, -0.2) is 4.57 Å². The van der Waals surface area contributed by atoms with Crippen molar-refractivity contribution >= 4 is 121 Å². The van der Waals surface area contributed by atoms with Crippen LogP contribution in [-0.4, -0.2) is 128 Å². The minimum Gasteiger partial charge on any atom is -1.00 e. The second kappa shape index (κ2) is 14.9. The van der Waals surface area contributed by atoms with E-state index in [4.69, 9.17) is 19.2 Å². The predicted octanol–water partition coefficient (Wildman–Crippen LogP) is -1.40. The van der Waals surface area contributed by atoms with Gasteiger partial charge in [-0.2, -0.15) is 0 Å². The fourth-order valence-electron chi connectivity index (χ4n) is 0. The van der Waals surface area contributed by atoms with E-state index in [2.05, 4.69) is 0 Å². The van der Waals surface area contributed by atoms with Crippen molar-refractivity contribution in [3.05, 3.63) is 0 Å². The minimum atomic E-state index is -4.64. The van der Waals surface area contributed by atoms with Crippen molar-refractivity contribution in [2.75, 3.05) is 0 Å². The van der Waals surface area contributed by atoms with Gasteiger partial charge in [0.15, 0.2) is 0 Å². The Morgan fingerprint density at radius 1 is 1.00 bits per heavy atom. The fraction of sp³-hybridized carbons (Fsp3) is 0. The Morgan fingerprint density at radius 3 is 1.00 bits per heavy atom. The van der Waals surface area contributed by atoms with Crippen molar-refractivity contribution < 1.29 is 44.9 Å². The number of hydrogen-bond donors (Lipinski definition) is 3. The maximum absolute atomic E-state index is 8.88. The summed E-state index contributed by atoms with van der Waals surface area (Å²) >= 11 is 0. The molecule has 0 fully saturated rings. The Morgan fingerprint density at radius 2 is 1.00 bits per heavy atom. The second-order valence-electron chi connectivity index (χ2n) is 0.513. The van der Waals surface area contributed by atoms with Crippen LogP contribution in [0, 0.1) is 0 Å². The van der Waals surface area contributed by atoms with Crippen LogP contribution in [0.5, 0.6) is 0 Å². The molecule has 0 atom stereocenters. The summed E-state index contributed by atoms with van der Waals surface area (Å²) in [5.41, 5.74) is 0. The molecular formula is H9Ca3CuO4P. The van der Waals surface area contributed by atoms with E-state index in [1.165, 1.54) is 0 Å². The molecular weight excluding hydrogens is 279 g/mol. The normalized spacial score (nSPS) is 6.56. The molecule has 0 unspecified atom stereocenters. The average molecular weight is 288 g/mol. The predicted molar refractivity (Wildman–Crippen MR) is 38.2 cm³/mol. The van der Waals surface area contributed by atoms with Crippen LogP contribution in [0.25, 0.3) is 0 Å². The molecule has 0 spiro atoms. The van der Waals surface area contributed by atoms with Gasteiger partial charge >= 0.3 is 121 Å². The monoisotopic (exact) mass is 287 g/mol. The molecule has 0 aliphatic carbocycles. The van der Waals surface area contributed by atoms with Crippen LogP contribution in [0.3, 0.4) is 0 Å². The van der Waals surface area contributed by atoms with Gasteiger partial charge in [0.1, 0.15) is 0 Å². The standard InChI is InChI=1S/3Ca.Cu.H3O4P.6H/c;;;;1-5(2,3)4;;;;;;/h;;;;(H3,1,2,3,4);;;;;;/q3*+2;;;6*-1. The van der Waals surface area contributed by atoms with Gasteiger partial charge in [0.2, 0.25) is 0 Å². The van der Waals surface area contributed by atoms with Gasteiger partial charge < -0.3 is 23.2 Å². The summed E-state index contributed by atoms with van der Waals surface area (Å²) in [4.78, 5) is 21.6. The number of rotatable bonds is 0. The Hall–Kier alpha value is 4.41. The van der Waals surface area contributed by atoms with Crippen molar-refractivity contribution in [3.63, 3.8) is 0 Å². The van der Waals surface area contributed by atoms with Crippen LogP contribution >= 0.6 is 7.82 Å². The van der Waals surface area contributed by atoms with Gasteiger partial charge in [0.25, 0.3) is 0 Å². The molecule has 0 aromatic heterocycles. The van der Waals surface area contributed by atoms with E-state index in [9.17, 15) is 0 Å². The van der Waals surface area contributed by atoms with Crippen molar-refractivity contribution in [3.8, 4) is 0 Å². The molecule has 0 heterocycles. The van der Waals surface area contributed by atoms with Crippen molar-refractivity contribution in [2.24, 2.45) is 0 Å². The first-order valence-corrected chi connectivity index (χ1v) is 2.35. The Balaban J connectivity index is -0.00000000178.